The zero-order valence-corrected chi connectivity index (χ0v) is 13.0. The number of anilines is 1. The van der Waals surface area contributed by atoms with Crippen LogP contribution in [0.1, 0.15) is 25.5 Å². The molecule has 0 aromatic carbocycles. The molecule has 1 aromatic heterocycles. The molecule has 1 N–H and O–H groups in total. The molecule has 1 rings (SSSR count). The van der Waals surface area contributed by atoms with Crippen molar-refractivity contribution in [1.82, 2.24) is 9.97 Å². The van der Waals surface area contributed by atoms with E-state index in [2.05, 4.69) is 20.0 Å². The van der Waals surface area contributed by atoms with Gasteiger partial charge in [0.25, 0.3) is 0 Å². The first-order valence-corrected chi connectivity index (χ1v) is 7.44. The van der Waals surface area contributed by atoms with Crippen LogP contribution < -0.4 is 5.32 Å². The smallest absolute Gasteiger partial charge is 0.322 e. The Kier molecular flexibility index (Phi) is 6.86. The molecule has 0 aliphatic carbocycles. The standard InChI is InChI=1S/C12H18N4O4S/c1-4-6-13-12-14-8(2)10(16(18)19)11(15-12)21-7-5-9(17)20-3/h4-7H2,1-3H3,(H,13,14,15). The van der Waals surface area contributed by atoms with Crippen LogP contribution in [-0.4, -0.2) is 40.3 Å². The average molecular weight is 314 g/mol. The summed E-state index contributed by atoms with van der Waals surface area (Å²) < 4.78 is 4.54. The number of esters is 1. The van der Waals surface area contributed by atoms with Crippen molar-refractivity contribution >= 4 is 29.4 Å². The van der Waals surface area contributed by atoms with Crippen LogP contribution in [0.3, 0.4) is 0 Å². The number of carbonyl (C=O) groups excluding carboxylic acids is 1. The molecule has 0 aliphatic rings. The van der Waals surface area contributed by atoms with Crippen LogP contribution in [-0.2, 0) is 9.53 Å². The fourth-order valence-corrected chi connectivity index (χ4v) is 2.47. The SMILES string of the molecule is CCCNc1nc(C)c([N+](=O)[O-])c(SCCC(=O)OC)n1. The Morgan fingerprint density at radius 3 is 2.76 bits per heavy atom. The van der Waals surface area contributed by atoms with Crippen molar-refractivity contribution in [2.45, 2.75) is 31.7 Å². The second-order valence-electron chi connectivity index (χ2n) is 4.14. The van der Waals surface area contributed by atoms with Gasteiger partial charge in [-0.25, -0.2) is 4.98 Å². The third kappa shape index (κ3) is 5.18. The first-order chi connectivity index (χ1) is 9.99. The molecule has 1 heterocycles. The highest BCUT2D eigenvalue weighted by Gasteiger charge is 2.22. The molecule has 116 valence electrons. The number of aromatic nitrogens is 2. The molecular formula is C12H18N4O4S. The van der Waals surface area contributed by atoms with Crippen molar-refractivity contribution in [2.24, 2.45) is 0 Å². The molecule has 0 spiro atoms. The largest absolute Gasteiger partial charge is 0.469 e. The summed E-state index contributed by atoms with van der Waals surface area (Å²) in [5, 5.41) is 14.4. The van der Waals surface area contributed by atoms with E-state index in [-0.39, 0.29) is 23.1 Å². The molecule has 21 heavy (non-hydrogen) atoms. The molecule has 0 aliphatic heterocycles. The highest BCUT2D eigenvalue weighted by Crippen LogP contribution is 2.30. The van der Waals surface area contributed by atoms with Gasteiger partial charge in [0.15, 0.2) is 5.03 Å². The molecule has 0 unspecified atom stereocenters. The Balaban J connectivity index is 2.93. The van der Waals surface area contributed by atoms with Gasteiger partial charge in [-0.05, 0) is 13.3 Å². The Morgan fingerprint density at radius 2 is 2.19 bits per heavy atom. The van der Waals surface area contributed by atoms with E-state index in [0.29, 0.717) is 23.9 Å². The van der Waals surface area contributed by atoms with Gasteiger partial charge in [0, 0.05) is 12.3 Å². The van der Waals surface area contributed by atoms with Gasteiger partial charge in [-0.2, -0.15) is 4.98 Å². The Hall–Kier alpha value is -1.90. The summed E-state index contributed by atoms with van der Waals surface area (Å²) in [6.07, 6.45) is 1.06. The minimum Gasteiger partial charge on any atom is -0.469 e. The van der Waals surface area contributed by atoms with Crippen molar-refractivity contribution in [3.63, 3.8) is 0 Å². The van der Waals surface area contributed by atoms with E-state index in [1.807, 2.05) is 6.92 Å². The van der Waals surface area contributed by atoms with E-state index in [1.54, 1.807) is 6.92 Å². The Bertz CT molecular complexity index is 524. The summed E-state index contributed by atoms with van der Waals surface area (Å²) in [4.78, 5) is 29.9. The lowest BCUT2D eigenvalue weighted by Gasteiger charge is -2.08. The second kappa shape index (κ2) is 8.40. The molecule has 0 radical (unpaired) electrons. The third-order valence-electron chi connectivity index (χ3n) is 2.51. The van der Waals surface area contributed by atoms with Crippen LogP contribution in [0.25, 0.3) is 0 Å². The van der Waals surface area contributed by atoms with Crippen LogP contribution >= 0.6 is 11.8 Å². The molecule has 9 heteroatoms. The van der Waals surface area contributed by atoms with Crippen molar-refractivity contribution in [3.05, 3.63) is 15.8 Å². The van der Waals surface area contributed by atoms with Gasteiger partial charge in [-0.1, -0.05) is 18.7 Å². The number of methoxy groups -OCH3 is 1. The first-order valence-electron chi connectivity index (χ1n) is 6.46. The van der Waals surface area contributed by atoms with Crippen LogP contribution in [0, 0.1) is 17.0 Å². The fourth-order valence-electron chi connectivity index (χ4n) is 1.50. The number of thioether (sulfide) groups is 1. The quantitative estimate of drug-likeness (QED) is 0.256. The summed E-state index contributed by atoms with van der Waals surface area (Å²) in [6, 6.07) is 0. The highest BCUT2D eigenvalue weighted by molar-refractivity contribution is 7.99. The summed E-state index contributed by atoms with van der Waals surface area (Å²) >= 11 is 1.15. The van der Waals surface area contributed by atoms with Gasteiger partial charge < -0.3 is 10.1 Å². The maximum atomic E-state index is 11.1. The Morgan fingerprint density at radius 1 is 1.48 bits per heavy atom. The van der Waals surface area contributed by atoms with Gasteiger partial charge in [0.05, 0.1) is 18.5 Å². The van der Waals surface area contributed by atoms with Gasteiger partial charge in [-0.3, -0.25) is 14.9 Å². The van der Waals surface area contributed by atoms with Crippen molar-refractivity contribution < 1.29 is 14.5 Å². The van der Waals surface area contributed by atoms with Gasteiger partial charge in [-0.15, -0.1) is 0 Å². The molecule has 0 fully saturated rings. The molecule has 0 amide bonds. The summed E-state index contributed by atoms with van der Waals surface area (Å²) in [5.74, 6) is 0.359. The number of carbonyl (C=O) groups is 1. The molecule has 0 saturated heterocycles. The van der Waals surface area contributed by atoms with E-state index in [9.17, 15) is 14.9 Å². The summed E-state index contributed by atoms with van der Waals surface area (Å²) in [5.41, 5.74) is 0.182. The summed E-state index contributed by atoms with van der Waals surface area (Å²) in [6.45, 7) is 4.25. The predicted molar refractivity (Wildman–Crippen MR) is 79.6 cm³/mol. The van der Waals surface area contributed by atoms with Crippen LogP contribution in [0.5, 0.6) is 0 Å². The minimum absolute atomic E-state index is 0.119. The summed E-state index contributed by atoms with van der Waals surface area (Å²) in [7, 11) is 1.30. The zero-order chi connectivity index (χ0) is 15.8. The number of hydrogen-bond donors (Lipinski definition) is 1. The zero-order valence-electron chi connectivity index (χ0n) is 12.2. The number of ether oxygens (including phenoxy) is 1. The topological polar surface area (TPSA) is 107 Å². The molecular weight excluding hydrogens is 296 g/mol. The van der Waals surface area contributed by atoms with Crippen LogP contribution in [0.4, 0.5) is 11.6 Å². The fraction of sp³-hybridized carbons (Fsp3) is 0.583. The predicted octanol–water partition coefficient (Wildman–Crippen LogP) is 2.17. The van der Waals surface area contributed by atoms with Crippen molar-refractivity contribution in [2.75, 3.05) is 24.7 Å². The molecule has 0 atom stereocenters. The number of aryl methyl sites for hydroxylation is 1. The number of rotatable bonds is 8. The van der Waals surface area contributed by atoms with Gasteiger partial charge in [0.1, 0.15) is 5.69 Å². The highest BCUT2D eigenvalue weighted by atomic mass is 32.2. The van der Waals surface area contributed by atoms with E-state index >= 15 is 0 Å². The van der Waals surface area contributed by atoms with Crippen LogP contribution in [0.2, 0.25) is 0 Å². The number of nitrogens with one attached hydrogen (secondary N) is 1. The van der Waals surface area contributed by atoms with E-state index in [4.69, 9.17) is 0 Å². The first kappa shape index (κ1) is 17.2. The maximum absolute atomic E-state index is 11.1. The van der Waals surface area contributed by atoms with Crippen molar-refractivity contribution in [1.29, 1.82) is 0 Å². The lowest BCUT2D eigenvalue weighted by atomic mass is 10.4. The van der Waals surface area contributed by atoms with Crippen molar-refractivity contribution in [3.8, 4) is 0 Å². The monoisotopic (exact) mass is 314 g/mol. The Labute approximate surface area is 126 Å². The number of nitro groups is 1. The second-order valence-corrected chi connectivity index (χ2v) is 5.23. The lowest BCUT2D eigenvalue weighted by molar-refractivity contribution is -0.389. The third-order valence-corrected chi connectivity index (χ3v) is 3.48. The molecule has 0 bridgehead atoms. The van der Waals surface area contributed by atoms with Gasteiger partial charge >= 0.3 is 11.7 Å². The molecule has 8 nitrogen and oxygen atoms in total. The van der Waals surface area contributed by atoms with Crippen LogP contribution in [0.15, 0.2) is 5.03 Å². The number of nitrogens with zero attached hydrogens (tertiary/aromatic N) is 3. The lowest BCUT2D eigenvalue weighted by Crippen LogP contribution is -2.09. The maximum Gasteiger partial charge on any atom is 0.322 e. The average Bonchev–Trinajstić information content (AvgIpc) is 2.43. The minimum atomic E-state index is -0.501. The normalized spacial score (nSPS) is 10.2. The number of hydrogen-bond acceptors (Lipinski definition) is 8. The molecule has 0 saturated carbocycles. The van der Waals surface area contributed by atoms with E-state index in [0.717, 1.165) is 18.2 Å². The van der Waals surface area contributed by atoms with Gasteiger partial charge in [0.2, 0.25) is 5.95 Å². The van der Waals surface area contributed by atoms with E-state index in [1.165, 1.54) is 7.11 Å². The molecule has 1 aromatic rings. The van der Waals surface area contributed by atoms with E-state index < -0.39 is 4.92 Å².